The number of aliphatic hydroxyl groups is 2. The van der Waals surface area contributed by atoms with Crippen molar-refractivity contribution >= 4 is 36.4 Å². The van der Waals surface area contributed by atoms with Crippen LogP contribution in [-0.2, 0) is 22.1 Å². The summed E-state index contributed by atoms with van der Waals surface area (Å²) >= 11 is -1.01. The number of aliphatic hydroxyl groups excluding tert-OH is 1. The SMILES string of the molecule is CC[C@H]1OC(=O)[C@H](C)C(=O)[C@H](C)[C@@H](C)[C@](C)(OC)C[C@@H](C)C(=IOCCCF)[C@H](C)[C@@H](O)[C@]1(C)O. The number of hydrogen-bond donors (Lipinski definition) is 2. The molecule has 1 aliphatic heterocycles. The Hall–Kier alpha value is -0.490. The number of ether oxygens (including phenoxy) is 2. The molecule has 206 valence electrons. The normalized spacial score (nSPS) is 41.7. The zero-order valence-electron chi connectivity index (χ0n) is 22.8. The lowest BCUT2D eigenvalue weighted by Crippen LogP contribution is -2.56. The van der Waals surface area contributed by atoms with E-state index in [0.717, 1.165) is 3.51 Å². The molecular weight excluding hydrogens is 570 g/mol. The lowest BCUT2D eigenvalue weighted by atomic mass is 9.71. The van der Waals surface area contributed by atoms with Gasteiger partial charge in [0.1, 0.15) is 23.4 Å². The van der Waals surface area contributed by atoms with E-state index in [4.69, 9.17) is 12.5 Å². The Morgan fingerprint density at radius 2 is 1.74 bits per heavy atom. The van der Waals surface area contributed by atoms with Crippen LogP contribution in [-0.4, -0.2) is 69.3 Å². The van der Waals surface area contributed by atoms with Crippen molar-refractivity contribution in [1.29, 1.82) is 0 Å². The van der Waals surface area contributed by atoms with Crippen molar-refractivity contribution in [3.8, 4) is 0 Å². The molecule has 9 heteroatoms. The van der Waals surface area contributed by atoms with Gasteiger partial charge in [-0.2, -0.15) is 0 Å². The van der Waals surface area contributed by atoms with Crippen molar-refractivity contribution in [2.75, 3.05) is 20.4 Å². The Balaban J connectivity index is 3.61. The Bertz CT molecular complexity index is 743. The van der Waals surface area contributed by atoms with Gasteiger partial charge in [-0.05, 0) is 49.0 Å². The average Bonchev–Trinajstić information content (AvgIpc) is 2.83. The number of hydrogen-bond acceptors (Lipinski definition) is 7. The molecule has 1 fully saturated rings. The van der Waals surface area contributed by atoms with E-state index in [9.17, 15) is 24.2 Å². The van der Waals surface area contributed by atoms with E-state index in [-0.39, 0.29) is 30.6 Å². The molecule has 0 unspecified atom stereocenters. The molecule has 0 aromatic carbocycles. The molecule has 0 radical (unpaired) electrons. The molecule has 0 bridgehead atoms. The van der Waals surface area contributed by atoms with Crippen molar-refractivity contribution in [2.45, 2.75) is 98.1 Å². The largest absolute Gasteiger partial charge is 0.459 e. The standard InChI is InChI=1S/C26H46FIO7/c1-10-20-26(8,32)23(30)17(4)21(28-34-13-11-12-27)15(2)14-25(7,33-9)19(6)16(3)22(29)18(5)24(31)35-20/h15-20,23,30,32H,10-14H2,1-9H3/t15-,16-,17+,18-,19-,20-,23-,25-,26-/m1/s1. The minimum absolute atomic E-state index is 0.0636. The molecule has 0 aromatic rings. The van der Waals surface area contributed by atoms with Gasteiger partial charge in [0.2, 0.25) is 0 Å². The third kappa shape index (κ3) is 7.75. The fraction of sp³-hybridized carbons (Fsp3) is 0.885. The number of halogens is 2. The van der Waals surface area contributed by atoms with Gasteiger partial charge in [0, 0.05) is 46.5 Å². The number of methoxy groups -OCH3 is 1. The first kappa shape index (κ1) is 32.5. The van der Waals surface area contributed by atoms with Crippen molar-refractivity contribution in [3.63, 3.8) is 0 Å². The second-order valence-corrected chi connectivity index (χ2v) is 12.7. The second kappa shape index (κ2) is 13.9. The first-order valence-corrected chi connectivity index (χ1v) is 14.5. The van der Waals surface area contributed by atoms with Gasteiger partial charge in [-0.25, -0.2) is 0 Å². The van der Waals surface area contributed by atoms with Gasteiger partial charge >= 0.3 is 5.97 Å². The van der Waals surface area contributed by atoms with Crippen LogP contribution in [0.3, 0.4) is 0 Å². The fourth-order valence-electron chi connectivity index (χ4n) is 4.96. The number of cyclic esters (lactones) is 1. The van der Waals surface area contributed by atoms with Crippen molar-refractivity contribution in [1.82, 2.24) is 0 Å². The molecule has 9 atom stereocenters. The van der Waals surface area contributed by atoms with E-state index >= 15 is 0 Å². The zero-order valence-corrected chi connectivity index (χ0v) is 24.9. The highest BCUT2D eigenvalue weighted by molar-refractivity contribution is 14.2. The van der Waals surface area contributed by atoms with E-state index in [2.05, 4.69) is 0 Å². The van der Waals surface area contributed by atoms with Gasteiger partial charge < -0.3 is 22.8 Å². The van der Waals surface area contributed by atoms with Gasteiger partial charge in [0.25, 0.3) is 0 Å². The summed E-state index contributed by atoms with van der Waals surface area (Å²) < 4.78 is 31.0. The van der Waals surface area contributed by atoms with Crippen LogP contribution in [0, 0.1) is 29.6 Å². The maximum Gasteiger partial charge on any atom is 0.316 e. The van der Waals surface area contributed by atoms with Gasteiger partial charge in [0.05, 0.1) is 25.0 Å². The summed E-state index contributed by atoms with van der Waals surface area (Å²) in [4.78, 5) is 26.2. The number of carbonyl (C=O) groups is 2. The van der Waals surface area contributed by atoms with Crippen LogP contribution in [0.4, 0.5) is 4.39 Å². The minimum atomic E-state index is -1.76. The molecule has 1 heterocycles. The minimum Gasteiger partial charge on any atom is -0.459 e. The highest BCUT2D eigenvalue weighted by atomic mass is 127. The summed E-state index contributed by atoms with van der Waals surface area (Å²) in [5.74, 6) is -3.18. The van der Waals surface area contributed by atoms with Crippen LogP contribution in [0.1, 0.15) is 74.7 Å². The highest BCUT2D eigenvalue weighted by Crippen LogP contribution is 2.39. The lowest BCUT2D eigenvalue weighted by Gasteiger charge is -2.43. The molecular formula is C26H46FIO7. The molecule has 0 aromatic heterocycles. The van der Waals surface area contributed by atoms with Gasteiger partial charge in [-0.1, -0.05) is 34.6 Å². The van der Waals surface area contributed by atoms with Crippen molar-refractivity contribution in [2.24, 2.45) is 29.6 Å². The second-order valence-electron chi connectivity index (χ2n) is 10.4. The molecule has 0 amide bonds. The lowest BCUT2D eigenvalue weighted by molar-refractivity contribution is -0.186. The molecule has 2 N–H and O–H groups in total. The number of ketones is 1. The molecule has 1 saturated heterocycles. The summed E-state index contributed by atoms with van der Waals surface area (Å²) in [5, 5.41) is 22.7. The molecule has 1 rings (SSSR count). The number of esters is 1. The van der Waals surface area contributed by atoms with Gasteiger partial charge in [0.15, 0.2) is 0 Å². The highest BCUT2D eigenvalue weighted by Gasteiger charge is 2.48. The fourth-order valence-corrected chi connectivity index (χ4v) is 7.24. The first-order valence-electron chi connectivity index (χ1n) is 12.6. The Labute approximate surface area is 220 Å². The van der Waals surface area contributed by atoms with Crippen LogP contribution in [0.5, 0.6) is 0 Å². The number of carbonyl (C=O) groups excluding carboxylic acids is 2. The summed E-state index contributed by atoms with van der Waals surface area (Å²) in [6.45, 7) is 14.2. The van der Waals surface area contributed by atoms with Crippen molar-refractivity contribution < 1.29 is 36.7 Å². The Kier molecular flexibility index (Phi) is 12.9. The van der Waals surface area contributed by atoms with Gasteiger partial charge in [-0.15, -0.1) is 0 Å². The third-order valence-electron chi connectivity index (χ3n) is 7.88. The molecule has 0 saturated carbocycles. The van der Waals surface area contributed by atoms with Crippen LogP contribution in [0.2, 0.25) is 0 Å². The maximum absolute atomic E-state index is 13.2. The summed E-state index contributed by atoms with van der Waals surface area (Å²) in [5.41, 5.74) is -2.46. The van der Waals surface area contributed by atoms with E-state index < -0.39 is 75.0 Å². The van der Waals surface area contributed by atoms with E-state index in [1.54, 1.807) is 14.0 Å². The molecule has 7 nitrogen and oxygen atoms in total. The van der Waals surface area contributed by atoms with E-state index in [1.807, 2.05) is 34.6 Å². The molecule has 0 spiro atoms. The molecule has 1 aliphatic rings. The predicted molar refractivity (Wildman–Crippen MR) is 143 cm³/mol. The summed E-state index contributed by atoms with van der Waals surface area (Å²) in [6.07, 6.45) is -1.12. The van der Waals surface area contributed by atoms with Crippen LogP contribution >= 0.6 is 21.1 Å². The van der Waals surface area contributed by atoms with E-state index in [1.165, 1.54) is 13.8 Å². The summed E-state index contributed by atoms with van der Waals surface area (Å²) in [6, 6.07) is 0. The van der Waals surface area contributed by atoms with Gasteiger partial charge in [-0.3, -0.25) is 14.0 Å². The maximum atomic E-state index is 13.2. The number of alkyl halides is 1. The van der Waals surface area contributed by atoms with Crippen LogP contribution < -0.4 is 0 Å². The monoisotopic (exact) mass is 616 g/mol. The summed E-state index contributed by atoms with van der Waals surface area (Å²) in [7, 11) is 1.61. The van der Waals surface area contributed by atoms with Crippen molar-refractivity contribution in [3.05, 3.63) is 0 Å². The smallest absolute Gasteiger partial charge is 0.316 e. The Morgan fingerprint density at radius 1 is 1.14 bits per heavy atom. The topological polar surface area (TPSA) is 102 Å². The predicted octanol–water partition coefficient (Wildman–Crippen LogP) is 4.41. The number of rotatable bonds is 6. The molecule has 35 heavy (non-hydrogen) atoms. The Morgan fingerprint density at radius 3 is 2.26 bits per heavy atom. The third-order valence-corrected chi connectivity index (χ3v) is 11.2. The van der Waals surface area contributed by atoms with E-state index in [0.29, 0.717) is 12.8 Å². The van der Waals surface area contributed by atoms with Crippen LogP contribution in [0.15, 0.2) is 0 Å². The quantitative estimate of drug-likeness (QED) is 0.197. The average molecular weight is 617 g/mol. The number of Topliss-reactive ketones (excluding diaryl/α,β-unsaturated/α-hetero) is 1. The zero-order chi connectivity index (χ0) is 27.1. The first-order chi connectivity index (χ1) is 16.2. The molecule has 0 aliphatic carbocycles. The van der Waals surface area contributed by atoms with Crippen LogP contribution in [0.25, 0.3) is 0 Å².